The third kappa shape index (κ3) is 5.08. The Morgan fingerprint density at radius 3 is 2.25 bits per heavy atom. The second-order valence-corrected chi connectivity index (χ2v) is 7.78. The maximum atomic E-state index is 12.4. The smallest absolute Gasteiger partial charge is 0.410 e. The minimum atomic E-state index is -0.833. The average molecular weight is 341 g/mol. The van der Waals surface area contributed by atoms with Crippen molar-refractivity contribution < 1.29 is 19.4 Å². The van der Waals surface area contributed by atoms with E-state index in [0.717, 1.165) is 32.7 Å². The van der Waals surface area contributed by atoms with Crippen molar-refractivity contribution in [3.05, 3.63) is 0 Å². The summed E-state index contributed by atoms with van der Waals surface area (Å²) in [5.41, 5.74) is -0.574. The molecule has 0 aliphatic carbocycles. The molecule has 24 heavy (non-hydrogen) atoms. The summed E-state index contributed by atoms with van der Waals surface area (Å²) < 4.78 is 5.44. The molecule has 1 amide bonds. The number of carboxylic acid groups (broad SMARTS) is 1. The highest BCUT2D eigenvalue weighted by Gasteiger charge is 2.38. The van der Waals surface area contributed by atoms with Gasteiger partial charge in [0.15, 0.2) is 0 Å². The van der Waals surface area contributed by atoms with E-state index in [1.165, 1.54) is 0 Å². The number of carbonyl (C=O) groups excluding carboxylic acids is 1. The van der Waals surface area contributed by atoms with Gasteiger partial charge in [-0.15, -0.1) is 0 Å². The summed E-state index contributed by atoms with van der Waals surface area (Å²) >= 11 is 0. The van der Waals surface area contributed by atoms with Crippen LogP contribution in [-0.2, 0) is 9.53 Å². The zero-order valence-electron chi connectivity index (χ0n) is 15.3. The number of amides is 1. The molecule has 2 saturated heterocycles. The van der Waals surface area contributed by atoms with Crippen LogP contribution < -0.4 is 0 Å². The number of carboxylic acids is 1. The fourth-order valence-corrected chi connectivity index (χ4v) is 3.44. The monoisotopic (exact) mass is 341 g/mol. The Balaban J connectivity index is 2.03. The predicted octanol–water partition coefficient (Wildman–Crippen LogP) is 1.33. The number of likely N-dealkylation sites (N-methyl/N-ethyl adjacent to an activating group) is 1. The van der Waals surface area contributed by atoms with E-state index in [2.05, 4.69) is 16.7 Å². The van der Waals surface area contributed by atoms with E-state index < -0.39 is 23.6 Å². The van der Waals surface area contributed by atoms with Crippen LogP contribution >= 0.6 is 0 Å². The average Bonchev–Trinajstić information content (AvgIpc) is 2.53. The van der Waals surface area contributed by atoms with Crippen molar-refractivity contribution in [2.45, 2.75) is 45.8 Å². The molecule has 0 aromatic heterocycles. The van der Waals surface area contributed by atoms with E-state index in [1.807, 2.05) is 20.8 Å². The van der Waals surface area contributed by atoms with Gasteiger partial charge in [0.1, 0.15) is 5.60 Å². The van der Waals surface area contributed by atoms with Crippen LogP contribution in [-0.4, -0.2) is 89.3 Å². The van der Waals surface area contributed by atoms with E-state index in [4.69, 9.17) is 4.74 Å². The Bertz CT molecular complexity index is 455. The molecule has 2 rings (SSSR count). The van der Waals surface area contributed by atoms with Gasteiger partial charge >= 0.3 is 12.1 Å². The third-order valence-electron chi connectivity index (χ3n) is 4.80. The van der Waals surface area contributed by atoms with Gasteiger partial charge in [0.05, 0.1) is 5.92 Å². The standard InChI is InChI=1S/C17H31N3O4/c1-5-18-6-8-19(9-7-18)14-10-13(15(21)22)11-20(12-14)16(23)24-17(2,3)4/h13-14H,5-12H2,1-4H3,(H,21,22)/t13-,14-/m0/s1. The lowest BCUT2D eigenvalue weighted by atomic mass is 9.93. The van der Waals surface area contributed by atoms with Gasteiger partial charge in [-0.05, 0) is 33.7 Å². The lowest BCUT2D eigenvalue weighted by Crippen LogP contribution is -2.58. The Kier molecular flexibility index (Phi) is 6.09. The Morgan fingerprint density at radius 2 is 1.75 bits per heavy atom. The van der Waals surface area contributed by atoms with Crippen LogP contribution in [0.4, 0.5) is 4.79 Å². The van der Waals surface area contributed by atoms with Crippen molar-refractivity contribution in [1.29, 1.82) is 0 Å². The van der Waals surface area contributed by atoms with Crippen molar-refractivity contribution in [2.24, 2.45) is 5.92 Å². The van der Waals surface area contributed by atoms with Gasteiger partial charge in [0, 0.05) is 45.3 Å². The number of carbonyl (C=O) groups is 2. The zero-order chi connectivity index (χ0) is 17.9. The largest absolute Gasteiger partial charge is 0.481 e. The third-order valence-corrected chi connectivity index (χ3v) is 4.80. The molecule has 2 fully saturated rings. The first kappa shape index (κ1) is 19.0. The summed E-state index contributed by atoms with van der Waals surface area (Å²) in [6.45, 7) is 13.3. The molecule has 7 heteroatoms. The summed E-state index contributed by atoms with van der Waals surface area (Å²) in [6.07, 6.45) is 0.187. The van der Waals surface area contributed by atoms with Crippen molar-refractivity contribution in [1.82, 2.24) is 14.7 Å². The van der Waals surface area contributed by atoms with Crippen LogP contribution in [0.2, 0.25) is 0 Å². The van der Waals surface area contributed by atoms with Gasteiger partial charge in [-0.3, -0.25) is 9.69 Å². The second-order valence-electron chi connectivity index (χ2n) is 7.78. The number of rotatable bonds is 3. The summed E-state index contributed by atoms with van der Waals surface area (Å²) in [5, 5.41) is 9.46. The molecule has 0 saturated carbocycles. The van der Waals surface area contributed by atoms with Crippen molar-refractivity contribution >= 4 is 12.1 Å². The molecule has 0 aromatic rings. The number of aliphatic carboxylic acids is 1. The highest BCUT2D eigenvalue weighted by molar-refractivity contribution is 5.73. The molecule has 2 aliphatic heterocycles. The van der Waals surface area contributed by atoms with Crippen molar-refractivity contribution in [2.75, 3.05) is 45.8 Å². The number of piperazine rings is 1. The minimum absolute atomic E-state index is 0.0892. The number of hydrogen-bond acceptors (Lipinski definition) is 5. The molecule has 0 radical (unpaired) electrons. The highest BCUT2D eigenvalue weighted by atomic mass is 16.6. The molecule has 0 unspecified atom stereocenters. The molecular formula is C17H31N3O4. The minimum Gasteiger partial charge on any atom is -0.481 e. The lowest BCUT2D eigenvalue weighted by molar-refractivity contribution is -0.144. The number of likely N-dealkylation sites (tertiary alicyclic amines) is 1. The van der Waals surface area contributed by atoms with Gasteiger partial charge in [-0.1, -0.05) is 6.92 Å². The van der Waals surface area contributed by atoms with Crippen LogP contribution in [0.25, 0.3) is 0 Å². The summed E-state index contributed by atoms with van der Waals surface area (Å²) in [7, 11) is 0. The summed E-state index contributed by atoms with van der Waals surface area (Å²) in [6, 6.07) is 0.0892. The van der Waals surface area contributed by atoms with Gasteiger partial charge in [-0.25, -0.2) is 4.79 Å². The van der Waals surface area contributed by atoms with Gasteiger partial charge in [-0.2, -0.15) is 0 Å². The van der Waals surface area contributed by atoms with Crippen LogP contribution in [0.3, 0.4) is 0 Å². The van der Waals surface area contributed by atoms with Gasteiger partial charge < -0.3 is 19.6 Å². The second kappa shape index (κ2) is 7.70. The van der Waals surface area contributed by atoms with Crippen LogP contribution in [0.1, 0.15) is 34.1 Å². The molecule has 1 N–H and O–H groups in total. The number of hydrogen-bond donors (Lipinski definition) is 1. The molecular weight excluding hydrogens is 310 g/mol. The predicted molar refractivity (Wildman–Crippen MR) is 91.0 cm³/mol. The van der Waals surface area contributed by atoms with Crippen molar-refractivity contribution in [3.8, 4) is 0 Å². The van der Waals surface area contributed by atoms with E-state index in [0.29, 0.717) is 13.0 Å². The fraction of sp³-hybridized carbons (Fsp3) is 0.882. The molecule has 2 aliphatic rings. The van der Waals surface area contributed by atoms with E-state index in [9.17, 15) is 14.7 Å². The fourth-order valence-electron chi connectivity index (χ4n) is 3.44. The van der Waals surface area contributed by atoms with Crippen molar-refractivity contribution in [3.63, 3.8) is 0 Å². The maximum Gasteiger partial charge on any atom is 0.410 e. The van der Waals surface area contributed by atoms with E-state index >= 15 is 0 Å². The molecule has 0 spiro atoms. The van der Waals surface area contributed by atoms with Gasteiger partial charge in [0.2, 0.25) is 0 Å². The first-order chi connectivity index (χ1) is 11.2. The summed E-state index contributed by atoms with van der Waals surface area (Å²) in [5.74, 6) is -1.36. The number of piperidine rings is 1. The Labute approximate surface area is 144 Å². The molecule has 0 aromatic carbocycles. The zero-order valence-corrected chi connectivity index (χ0v) is 15.3. The maximum absolute atomic E-state index is 12.4. The molecule has 0 bridgehead atoms. The molecule has 2 heterocycles. The molecule has 2 atom stereocenters. The first-order valence-corrected chi connectivity index (χ1v) is 8.86. The SMILES string of the molecule is CCN1CCN([C@H]2C[C@H](C(=O)O)CN(C(=O)OC(C)(C)C)C2)CC1. The van der Waals surface area contributed by atoms with E-state index in [1.54, 1.807) is 4.90 Å². The lowest BCUT2D eigenvalue weighted by Gasteiger charge is -2.44. The topological polar surface area (TPSA) is 73.3 Å². The highest BCUT2D eigenvalue weighted by Crippen LogP contribution is 2.24. The number of nitrogens with zero attached hydrogens (tertiary/aromatic N) is 3. The molecule has 7 nitrogen and oxygen atoms in total. The van der Waals surface area contributed by atoms with E-state index in [-0.39, 0.29) is 12.6 Å². The normalized spacial score (nSPS) is 27.1. The first-order valence-electron chi connectivity index (χ1n) is 8.86. The van der Waals surface area contributed by atoms with Crippen LogP contribution in [0, 0.1) is 5.92 Å². The Hall–Kier alpha value is -1.34. The van der Waals surface area contributed by atoms with Gasteiger partial charge in [0.25, 0.3) is 0 Å². The van der Waals surface area contributed by atoms with Crippen LogP contribution in [0.15, 0.2) is 0 Å². The van der Waals surface area contributed by atoms with Crippen LogP contribution in [0.5, 0.6) is 0 Å². The number of ether oxygens (including phenoxy) is 1. The summed E-state index contributed by atoms with van der Waals surface area (Å²) in [4.78, 5) is 30.2. The quantitative estimate of drug-likeness (QED) is 0.835. The Morgan fingerprint density at radius 1 is 1.12 bits per heavy atom. The molecule has 138 valence electrons.